The Kier molecular flexibility index (Phi) is 6.07. The molecule has 5 nitrogen and oxygen atoms in total. The van der Waals surface area contributed by atoms with E-state index < -0.39 is 0 Å². The quantitative estimate of drug-likeness (QED) is 0.740. The average Bonchev–Trinajstić information content (AvgIpc) is 2.79. The maximum atomic E-state index is 11.8. The largest absolute Gasteiger partial charge is 0.394 e. The first-order valence-corrected chi connectivity index (χ1v) is 7.08. The third-order valence-corrected chi connectivity index (χ3v) is 3.77. The van der Waals surface area contributed by atoms with Crippen LogP contribution in [0.1, 0.15) is 43.4 Å². The number of thiazole rings is 1. The van der Waals surface area contributed by atoms with E-state index in [1.807, 2.05) is 26.2 Å². The Morgan fingerprint density at radius 3 is 2.61 bits per heavy atom. The van der Waals surface area contributed by atoms with Gasteiger partial charge in [-0.1, -0.05) is 13.8 Å². The van der Waals surface area contributed by atoms with E-state index in [0.29, 0.717) is 6.42 Å². The Hall–Kier alpha value is -1.14. The molecule has 2 amide bonds. The zero-order chi connectivity index (χ0) is 13.5. The lowest BCUT2D eigenvalue weighted by Crippen LogP contribution is -2.44. The lowest BCUT2D eigenvalue weighted by molar-refractivity contribution is 0.211. The highest BCUT2D eigenvalue weighted by atomic mass is 32.1. The molecule has 3 N–H and O–H groups in total. The SMILES string of the molecule is CCC(CO)NC(=O)NC(CC)c1nc(C)cs1. The number of carbonyl (C=O) groups is 1. The van der Waals surface area contributed by atoms with E-state index in [2.05, 4.69) is 15.6 Å². The summed E-state index contributed by atoms with van der Waals surface area (Å²) >= 11 is 1.55. The van der Waals surface area contributed by atoms with Crippen molar-refractivity contribution in [3.05, 3.63) is 16.1 Å². The smallest absolute Gasteiger partial charge is 0.315 e. The lowest BCUT2D eigenvalue weighted by atomic mass is 10.2. The summed E-state index contributed by atoms with van der Waals surface area (Å²) in [5.41, 5.74) is 0.970. The van der Waals surface area contributed by atoms with E-state index in [4.69, 9.17) is 5.11 Å². The standard InChI is InChI=1S/C12H21N3O2S/c1-4-9(6-16)14-12(17)15-10(5-2)11-13-8(3)7-18-11/h7,9-10,16H,4-6H2,1-3H3,(H2,14,15,17). The molecule has 2 unspecified atom stereocenters. The number of amides is 2. The summed E-state index contributed by atoms with van der Waals surface area (Å²) in [5, 5.41) is 17.5. The van der Waals surface area contributed by atoms with Crippen molar-refractivity contribution < 1.29 is 9.90 Å². The first kappa shape index (κ1) is 14.9. The first-order valence-electron chi connectivity index (χ1n) is 6.20. The Balaban J connectivity index is 2.55. The maximum absolute atomic E-state index is 11.8. The molecular formula is C12H21N3O2S. The van der Waals surface area contributed by atoms with Crippen LogP contribution in [0.2, 0.25) is 0 Å². The van der Waals surface area contributed by atoms with Crippen LogP contribution in [0.25, 0.3) is 0 Å². The van der Waals surface area contributed by atoms with E-state index >= 15 is 0 Å². The Labute approximate surface area is 112 Å². The van der Waals surface area contributed by atoms with Crippen LogP contribution in [0.3, 0.4) is 0 Å². The van der Waals surface area contributed by atoms with Gasteiger partial charge in [0.05, 0.1) is 18.7 Å². The van der Waals surface area contributed by atoms with Gasteiger partial charge in [0, 0.05) is 11.1 Å². The molecule has 0 bridgehead atoms. The second kappa shape index (κ2) is 7.33. The van der Waals surface area contributed by atoms with Crippen molar-refractivity contribution in [2.24, 2.45) is 0 Å². The number of nitrogens with one attached hydrogen (secondary N) is 2. The monoisotopic (exact) mass is 271 g/mol. The number of aromatic nitrogens is 1. The molecule has 0 aliphatic heterocycles. The van der Waals surface area contributed by atoms with Gasteiger partial charge in [-0.05, 0) is 19.8 Å². The fourth-order valence-corrected chi connectivity index (χ4v) is 2.46. The predicted octanol–water partition coefficient (Wildman–Crippen LogP) is 1.97. The molecule has 102 valence electrons. The summed E-state index contributed by atoms with van der Waals surface area (Å²) < 4.78 is 0. The lowest BCUT2D eigenvalue weighted by Gasteiger charge is -2.18. The van der Waals surface area contributed by atoms with Gasteiger partial charge in [-0.2, -0.15) is 0 Å². The molecule has 0 aliphatic carbocycles. The Bertz CT molecular complexity index is 377. The van der Waals surface area contributed by atoms with Gasteiger partial charge in [0.2, 0.25) is 0 Å². The normalized spacial score (nSPS) is 14.0. The second-order valence-corrected chi connectivity index (χ2v) is 5.08. The third-order valence-electron chi connectivity index (χ3n) is 2.70. The minimum absolute atomic E-state index is 0.0446. The number of nitrogens with zero attached hydrogens (tertiary/aromatic N) is 1. The van der Waals surface area contributed by atoms with Crippen LogP contribution >= 0.6 is 11.3 Å². The molecule has 6 heteroatoms. The summed E-state index contributed by atoms with van der Waals surface area (Å²) in [6, 6.07) is -0.518. The molecule has 0 fully saturated rings. The number of aliphatic hydroxyl groups is 1. The summed E-state index contributed by atoms with van der Waals surface area (Å²) in [7, 11) is 0. The van der Waals surface area contributed by atoms with Crippen molar-refractivity contribution in [3.63, 3.8) is 0 Å². The summed E-state index contributed by atoms with van der Waals surface area (Å²) in [5.74, 6) is 0. The van der Waals surface area contributed by atoms with Gasteiger partial charge in [-0.25, -0.2) is 9.78 Å². The number of urea groups is 1. The van der Waals surface area contributed by atoms with Gasteiger partial charge >= 0.3 is 6.03 Å². The number of aryl methyl sites for hydroxylation is 1. The highest BCUT2D eigenvalue weighted by molar-refractivity contribution is 7.09. The molecule has 0 aromatic carbocycles. The molecule has 0 radical (unpaired) electrons. The van der Waals surface area contributed by atoms with Crippen molar-refractivity contribution in [2.75, 3.05) is 6.61 Å². The molecule has 1 aromatic heterocycles. The van der Waals surface area contributed by atoms with Gasteiger partial charge in [0.25, 0.3) is 0 Å². The number of rotatable bonds is 6. The van der Waals surface area contributed by atoms with Crippen LogP contribution in [0, 0.1) is 6.92 Å². The number of hydrogen-bond donors (Lipinski definition) is 3. The van der Waals surface area contributed by atoms with Gasteiger partial charge in [-0.15, -0.1) is 11.3 Å². The molecule has 1 aromatic rings. The van der Waals surface area contributed by atoms with Crippen molar-refractivity contribution in [1.82, 2.24) is 15.6 Å². The van der Waals surface area contributed by atoms with Gasteiger partial charge in [0.1, 0.15) is 5.01 Å². The van der Waals surface area contributed by atoms with Crippen molar-refractivity contribution >= 4 is 17.4 Å². The highest BCUT2D eigenvalue weighted by Crippen LogP contribution is 2.20. The molecule has 1 heterocycles. The minimum Gasteiger partial charge on any atom is -0.394 e. The van der Waals surface area contributed by atoms with Crippen LogP contribution < -0.4 is 10.6 Å². The zero-order valence-corrected chi connectivity index (χ0v) is 11.9. The molecule has 0 aliphatic rings. The predicted molar refractivity (Wildman–Crippen MR) is 72.7 cm³/mol. The third kappa shape index (κ3) is 4.27. The molecule has 0 saturated carbocycles. The van der Waals surface area contributed by atoms with Crippen molar-refractivity contribution in [2.45, 2.75) is 45.7 Å². The number of carbonyl (C=O) groups excluding carboxylic acids is 1. The summed E-state index contributed by atoms with van der Waals surface area (Å²) in [6.07, 6.45) is 1.49. The van der Waals surface area contributed by atoms with Gasteiger partial charge in [-0.3, -0.25) is 0 Å². The average molecular weight is 271 g/mol. The fourth-order valence-electron chi connectivity index (χ4n) is 1.53. The molecule has 1 rings (SSSR count). The first-order chi connectivity index (χ1) is 8.60. The van der Waals surface area contributed by atoms with E-state index in [1.165, 1.54) is 0 Å². The molecule has 18 heavy (non-hydrogen) atoms. The molecule has 2 atom stereocenters. The topological polar surface area (TPSA) is 74.2 Å². The number of hydrogen-bond acceptors (Lipinski definition) is 4. The molecule has 0 saturated heterocycles. The molecule has 0 spiro atoms. The maximum Gasteiger partial charge on any atom is 0.315 e. The Morgan fingerprint density at radius 2 is 2.17 bits per heavy atom. The van der Waals surface area contributed by atoms with Gasteiger partial charge < -0.3 is 15.7 Å². The van der Waals surface area contributed by atoms with Gasteiger partial charge in [0.15, 0.2) is 0 Å². The summed E-state index contributed by atoms with van der Waals surface area (Å²) in [6.45, 7) is 5.82. The molecular weight excluding hydrogens is 250 g/mol. The second-order valence-electron chi connectivity index (χ2n) is 4.19. The van der Waals surface area contributed by atoms with Crippen molar-refractivity contribution in [1.29, 1.82) is 0 Å². The van der Waals surface area contributed by atoms with Crippen LogP contribution in [0.15, 0.2) is 5.38 Å². The number of aliphatic hydroxyl groups excluding tert-OH is 1. The van der Waals surface area contributed by atoms with Crippen LogP contribution in [0.4, 0.5) is 4.79 Å². The Morgan fingerprint density at radius 1 is 1.44 bits per heavy atom. The minimum atomic E-state index is -0.254. The fraction of sp³-hybridized carbons (Fsp3) is 0.667. The zero-order valence-electron chi connectivity index (χ0n) is 11.1. The summed E-state index contributed by atoms with van der Waals surface area (Å²) in [4.78, 5) is 16.1. The van der Waals surface area contributed by atoms with Crippen LogP contribution in [0.5, 0.6) is 0 Å². The van der Waals surface area contributed by atoms with E-state index in [1.54, 1.807) is 11.3 Å². The van der Waals surface area contributed by atoms with Crippen LogP contribution in [-0.4, -0.2) is 28.8 Å². The van der Waals surface area contributed by atoms with E-state index in [-0.39, 0.29) is 24.7 Å². The van der Waals surface area contributed by atoms with Crippen molar-refractivity contribution in [3.8, 4) is 0 Å². The van der Waals surface area contributed by atoms with E-state index in [0.717, 1.165) is 17.1 Å². The highest BCUT2D eigenvalue weighted by Gasteiger charge is 2.17. The van der Waals surface area contributed by atoms with Crippen LogP contribution in [-0.2, 0) is 0 Å². The van der Waals surface area contributed by atoms with E-state index in [9.17, 15) is 4.79 Å².